The van der Waals surface area contributed by atoms with Crippen molar-refractivity contribution in [3.8, 4) is 0 Å². The van der Waals surface area contributed by atoms with Crippen molar-refractivity contribution < 1.29 is 36.6 Å². The second-order valence-electron chi connectivity index (χ2n) is 9.30. The SMILES string of the molecule is CC(C)(C)OC(=O)N[C@@H]1CC[C@@H](c2cccc(F)c2F)Cn2c(C(C)(O)C(F)(F)F)cnc21. The first-order valence-corrected chi connectivity index (χ1v) is 10.4. The van der Waals surface area contributed by atoms with Gasteiger partial charge >= 0.3 is 12.3 Å². The Bertz CT molecular complexity index is 1030. The number of aromatic nitrogens is 2. The van der Waals surface area contributed by atoms with Crippen molar-refractivity contribution in [2.75, 3.05) is 0 Å². The van der Waals surface area contributed by atoms with Gasteiger partial charge in [0.2, 0.25) is 0 Å². The van der Waals surface area contributed by atoms with E-state index in [2.05, 4.69) is 10.3 Å². The molecule has 0 spiro atoms. The van der Waals surface area contributed by atoms with Crippen LogP contribution in [0.15, 0.2) is 24.4 Å². The first-order valence-electron chi connectivity index (χ1n) is 10.4. The summed E-state index contributed by atoms with van der Waals surface area (Å²) in [4.78, 5) is 16.4. The van der Waals surface area contributed by atoms with E-state index in [9.17, 15) is 31.9 Å². The van der Waals surface area contributed by atoms with E-state index in [0.717, 1.165) is 16.8 Å². The Morgan fingerprint density at radius 3 is 2.45 bits per heavy atom. The van der Waals surface area contributed by atoms with Crippen LogP contribution in [0.5, 0.6) is 0 Å². The van der Waals surface area contributed by atoms with E-state index < -0.39 is 52.8 Å². The van der Waals surface area contributed by atoms with E-state index in [1.807, 2.05) is 0 Å². The summed E-state index contributed by atoms with van der Waals surface area (Å²) in [7, 11) is 0. The second-order valence-corrected chi connectivity index (χ2v) is 9.30. The van der Waals surface area contributed by atoms with Crippen molar-refractivity contribution in [2.24, 2.45) is 0 Å². The quantitative estimate of drug-likeness (QED) is 0.608. The molecule has 6 nitrogen and oxygen atoms in total. The minimum absolute atomic E-state index is 0.00910. The lowest BCUT2D eigenvalue weighted by atomic mass is 9.92. The zero-order chi connectivity index (χ0) is 24.8. The fraction of sp³-hybridized carbons (Fsp3) is 0.545. The van der Waals surface area contributed by atoms with Crippen molar-refractivity contribution >= 4 is 6.09 Å². The summed E-state index contributed by atoms with van der Waals surface area (Å²) >= 11 is 0. The Labute approximate surface area is 187 Å². The Hall–Kier alpha value is -2.69. The summed E-state index contributed by atoms with van der Waals surface area (Å²) in [6.45, 7) is 5.35. The summed E-state index contributed by atoms with van der Waals surface area (Å²) in [5.41, 5.74) is -4.65. The average Bonchev–Trinajstić information content (AvgIpc) is 3.00. The maximum absolute atomic E-state index is 14.5. The first kappa shape index (κ1) is 24.9. The number of halogens is 5. The van der Waals surface area contributed by atoms with Gasteiger partial charge in [-0.05, 0) is 52.2 Å². The number of carbonyl (C=O) groups excluding carboxylic acids is 1. The fourth-order valence-electron chi connectivity index (χ4n) is 3.88. The topological polar surface area (TPSA) is 76.4 Å². The van der Waals surface area contributed by atoms with Gasteiger partial charge in [0, 0.05) is 12.5 Å². The molecule has 11 heteroatoms. The summed E-state index contributed by atoms with van der Waals surface area (Å²) in [5, 5.41) is 12.9. The summed E-state index contributed by atoms with van der Waals surface area (Å²) < 4.78 is 75.6. The molecule has 2 aromatic rings. The molecule has 2 heterocycles. The number of rotatable bonds is 3. The highest BCUT2D eigenvalue weighted by atomic mass is 19.4. The number of aliphatic hydroxyl groups is 1. The lowest BCUT2D eigenvalue weighted by Gasteiger charge is -2.29. The van der Waals surface area contributed by atoms with E-state index in [0.29, 0.717) is 6.92 Å². The maximum Gasteiger partial charge on any atom is 0.422 e. The molecule has 0 saturated heterocycles. The van der Waals surface area contributed by atoms with Crippen LogP contribution in [0.4, 0.5) is 26.7 Å². The summed E-state index contributed by atoms with van der Waals surface area (Å²) in [6, 6.07) is 2.75. The van der Waals surface area contributed by atoms with Crippen molar-refractivity contribution in [1.29, 1.82) is 0 Å². The lowest BCUT2D eigenvalue weighted by molar-refractivity contribution is -0.261. The van der Waals surface area contributed by atoms with Gasteiger partial charge in [-0.3, -0.25) is 0 Å². The second kappa shape index (κ2) is 8.58. The van der Waals surface area contributed by atoms with E-state index in [1.165, 1.54) is 12.1 Å². The van der Waals surface area contributed by atoms with Crippen LogP contribution in [0.3, 0.4) is 0 Å². The molecule has 0 bridgehead atoms. The predicted molar refractivity (Wildman–Crippen MR) is 108 cm³/mol. The van der Waals surface area contributed by atoms with Gasteiger partial charge in [-0.15, -0.1) is 0 Å². The van der Waals surface area contributed by atoms with Crippen molar-refractivity contribution in [3.63, 3.8) is 0 Å². The van der Waals surface area contributed by atoms with Crippen LogP contribution in [-0.2, 0) is 16.9 Å². The molecule has 0 radical (unpaired) electrons. The lowest BCUT2D eigenvalue weighted by Crippen LogP contribution is -2.41. The molecule has 1 aromatic carbocycles. The van der Waals surface area contributed by atoms with Gasteiger partial charge in [0.1, 0.15) is 11.4 Å². The Balaban J connectivity index is 2.06. The first-order chi connectivity index (χ1) is 15.1. The van der Waals surface area contributed by atoms with Gasteiger partial charge in [0.15, 0.2) is 17.2 Å². The molecule has 3 rings (SSSR count). The minimum Gasteiger partial charge on any atom is -0.444 e. The molecule has 1 unspecified atom stereocenters. The zero-order valence-electron chi connectivity index (χ0n) is 18.6. The fourth-order valence-corrected chi connectivity index (χ4v) is 3.88. The Kier molecular flexibility index (Phi) is 6.49. The number of nitrogens with zero attached hydrogens (tertiary/aromatic N) is 2. The summed E-state index contributed by atoms with van der Waals surface area (Å²) in [6.07, 6.45) is -4.57. The highest BCUT2D eigenvalue weighted by Gasteiger charge is 2.54. The Morgan fingerprint density at radius 1 is 1.18 bits per heavy atom. The molecule has 1 amide bonds. The molecule has 1 aliphatic rings. The van der Waals surface area contributed by atoms with E-state index in [4.69, 9.17) is 4.74 Å². The van der Waals surface area contributed by atoms with Crippen LogP contribution in [0.1, 0.15) is 69.6 Å². The molecule has 0 aliphatic carbocycles. The summed E-state index contributed by atoms with van der Waals surface area (Å²) in [5.74, 6) is -2.85. The number of nitrogens with one attached hydrogen (secondary N) is 1. The normalized spacial score (nSPS) is 21.0. The monoisotopic (exact) mass is 475 g/mol. The van der Waals surface area contributed by atoms with E-state index in [-0.39, 0.29) is 30.8 Å². The standard InChI is InChI=1S/C22H26F5N3O3/c1-20(2,3)33-19(31)29-15-9-8-12(13-6-5-7-14(23)17(13)24)11-30-16(10-28-18(15)30)21(4,32)22(25,26)27/h5-7,10,12,15,32H,8-9,11H2,1-4H3,(H,29,31)/t12-,15-,21?/m1/s1. The predicted octanol–water partition coefficient (Wildman–Crippen LogP) is 5.07. The number of ether oxygens (including phenoxy) is 1. The van der Waals surface area contributed by atoms with Crippen molar-refractivity contribution in [3.05, 3.63) is 53.1 Å². The van der Waals surface area contributed by atoms with E-state index >= 15 is 0 Å². The molecule has 182 valence electrons. The molecule has 1 aliphatic heterocycles. The molecule has 0 saturated carbocycles. The van der Waals surface area contributed by atoms with Crippen LogP contribution < -0.4 is 5.32 Å². The zero-order valence-corrected chi connectivity index (χ0v) is 18.6. The van der Waals surface area contributed by atoms with Crippen LogP contribution in [0.25, 0.3) is 0 Å². The molecule has 2 N–H and O–H groups in total. The maximum atomic E-state index is 14.5. The van der Waals surface area contributed by atoms with Crippen molar-refractivity contribution in [2.45, 2.75) is 76.4 Å². The molecule has 1 aromatic heterocycles. The van der Waals surface area contributed by atoms with Gasteiger partial charge in [0.25, 0.3) is 0 Å². The number of alkyl halides is 3. The van der Waals surface area contributed by atoms with Gasteiger partial charge < -0.3 is 19.7 Å². The van der Waals surface area contributed by atoms with Gasteiger partial charge in [-0.25, -0.2) is 18.6 Å². The molecule has 0 fully saturated rings. The number of hydrogen-bond acceptors (Lipinski definition) is 4. The third kappa shape index (κ3) is 5.13. The largest absolute Gasteiger partial charge is 0.444 e. The highest BCUT2D eigenvalue weighted by Crippen LogP contribution is 2.42. The molecular formula is C22H26F5N3O3. The number of carbonyl (C=O) groups is 1. The van der Waals surface area contributed by atoms with Gasteiger partial charge in [-0.2, -0.15) is 13.2 Å². The van der Waals surface area contributed by atoms with Crippen molar-refractivity contribution in [1.82, 2.24) is 14.9 Å². The van der Waals surface area contributed by atoms with Crippen LogP contribution in [0.2, 0.25) is 0 Å². The van der Waals surface area contributed by atoms with Gasteiger partial charge in [0.05, 0.1) is 17.9 Å². The average molecular weight is 475 g/mol. The van der Waals surface area contributed by atoms with Crippen LogP contribution in [0, 0.1) is 11.6 Å². The number of hydrogen-bond donors (Lipinski definition) is 2. The highest BCUT2D eigenvalue weighted by molar-refractivity contribution is 5.68. The number of fused-ring (bicyclic) bond motifs is 1. The Morgan fingerprint density at radius 2 is 1.85 bits per heavy atom. The minimum atomic E-state index is -5.02. The van der Waals surface area contributed by atoms with E-state index in [1.54, 1.807) is 20.8 Å². The molecular weight excluding hydrogens is 449 g/mol. The third-order valence-electron chi connectivity index (χ3n) is 5.57. The number of alkyl carbamates (subject to hydrolysis) is 1. The number of amides is 1. The third-order valence-corrected chi connectivity index (χ3v) is 5.57. The number of benzene rings is 1. The van der Waals surface area contributed by atoms with Gasteiger partial charge in [-0.1, -0.05) is 12.1 Å². The van der Waals surface area contributed by atoms with Crippen LogP contribution >= 0.6 is 0 Å². The molecule has 3 atom stereocenters. The molecule has 33 heavy (non-hydrogen) atoms. The van der Waals surface area contributed by atoms with Crippen LogP contribution in [-0.4, -0.2) is 32.5 Å². The smallest absolute Gasteiger partial charge is 0.422 e. The number of imidazole rings is 1.